The van der Waals surface area contributed by atoms with Crippen LogP contribution < -0.4 is 11.1 Å². The van der Waals surface area contributed by atoms with Crippen LogP contribution in [0.4, 0.5) is 5.82 Å². The van der Waals surface area contributed by atoms with Crippen molar-refractivity contribution in [3.05, 3.63) is 23.4 Å². The molecule has 2 rings (SSSR count). The van der Waals surface area contributed by atoms with Gasteiger partial charge in [0.1, 0.15) is 18.4 Å². The molecule has 1 aliphatic heterocycles. The zero-order valence-electron chi connectivity index (χ0n) is 12.0. The van der Waals surface area contributed by atoms with Crippen molar-refractivity contribution in [3.8, 4) is 0 Å². The van der Waals surface area contributed by atoms with E-state index < -0.39 is 17.9 Å². The van der Waals surface area contributed by atoms with Gasteiger partial charge in [-0.15, -0.1) is 0 Å². The van der Waals surface area contributed by atoms with Crippen molar-refractivity contribution in [2.45, 2.75) is 32.7 Å². The SMILES string of the molecule is CCc1cc(C(=O)N2CC(=O)NC(=O)C2CC)cc(N)n1. The Morgan fingerprint density at radius 2 is 2.14 bits per heavy atom. The average Bonchev–Trinajstić information content (AvgIpc) is 2.45. The third-order valence-corrected chi connectivity index (χ3v) is 3.41. The average molecular weight is 290 g/mol. The van der Waals surface area contributed by atoms with Crippen LogP contribution in [0.2, 0.25) is 0 Å². The third-order valence-electron chi connectivity index (χ3n) is 3.41. The fraction of sp³-hybridized carbons (Fsp3) is 0.429. The Labute approximate surface area is 122 Å². The fourth-order valence-electron chi connectivity index (χ4n) is 2.37. The van der Waals surface area contributed by atoms with Crippen LogP contribution in [0, 0.1) is 0 Å². The van der Waals surface area contributed by atoms with E-state index in [0.717, 1.165) is 0 Å². The first kappa shape index (κ1) is 15.0. The summed E-state index contributed by atoms with van der Waals surface area (Å²) in [7, 11) is 0. The van der Waals surface area contributed by atoms with Gasteiger partial charge in [0.25, 0.3) is 5.91 Å². The van der Waals surface area contributed by atoms with Gasteiger partial charge in [0.2, 0.25) is 11.8 Å². The van der Waals surface area contributed by atoms with Gasteiger partial charge in [-0.3, -0.25) is 19.7 Å². The fourth-order valence-corrected chi connectivity index (χ4v) is 2.37. The second kappa shape index (κ2) is 5.90. The number of hydrogen-bond acceptors (Lipinski definition) is 5. The molecule has 112 valence electrons. The summed E-state index contributed by atoms with van der Waals surface area (Å²) >= 11 is 0. The second-order valence-electron chi connectivity index (χ2n) is 4.90. The van der Waals surface area contributed by atoms with Gasteiger partial charge in [0.15, 0.2) is 0 Å². The van der Waals surface area contributed by atoms with Crippen LogP contribution in [0.25, 0.3) is 0 Å². The highest BCUT2D eigenvalue weighted by Crippen LogP contribution is 2.16. The number of pyridine rings is 1. The number of nitrogens with one attached hydrogen (secondary N) is 1. The summed E-state index contributed by atoms with van der Waals surface area (Å²) in [5.41, 5.74) is 6.74. The highest BCUT2D eigenvalue weighted by molar-refractivity contribution is 6.07. The number of anilines is 1. The molecule has 7 heteroatoms. The molecule has 1 aromatic rings. The molecule has 1 unspecified atom stereocenters. The van der Waals surface area contributed by atoms with Crippen LogP contribution in [-0.2, 0) is 16.0 Å². The smallest absolute Gasteiger partial charge is 0.255 e. The van der Waals surface area contributed by atoms with Gasteiger partial charge < -0.3 is 10.6 Å². The molecule has 21 heavy (non-hydrogen) atoms. The zero-order valence-corrected chi connectivity index (χ0v) is 12.0. The van der Waals surface area contributed by atoms with E-state index in [2.05, 4.69) is 10.3 Å². The van der Waals surface area contributed by atoms with E-state index in [0.29, 0.717) is 24.1 Å². The minimum atomic E-state index is -0.644. The first-order chi connectivity index (χ1) is 9.96. The molecule has 0 bridgehead atoms. The standard InChI is InChI=1S/C14H18N4O3/c1-3-9-5-8(6-11(15)16-9)14(21)18-7-12(19)17-13(20)10(18)4-2/h5-6,10H,3-4,7H2,1-2H3,(H2,15,16)(H,17,19,20). The molecule has 7 nitrogen and oxygen atoms in total. The molecule has 0 spiro atoms. The van der Waals surface area contributed by atoms with E-state index in [-0.39, 0.29) is 18.3 Å². The third kappa shape index (κ3) is 3.01. The highest BCUT2D eigenvalue weighted by atomic mass is 16.2. The van der Waals surface area contributed by atoms with Gasteiger partial charge in [-0.05, 0) is 25.0 Å². The lowest BCUT2D eigenvalue weighted by atomic mass is 10.1. The van der Waals surface area contributed by atoms with Crippen LogP contribution in [-0.4, -0.2) is 40.2 Å². The normalized spacial score (nSPS) is 18.6. The Balaban J connectivity index is 2.35. The number of imide groups is 1. The number of carbonyl (C=O) groups excluding carboxylic acids is 3. The van der Waals surface area contributed by atoms with E-state index >= 15 is 0 Å². The minimum absolute atomic E-state index is 0.132. The number of amides is 3. The summed E-state index contributed by atoms with van der Waals surface area (Å²) in [6.45, 7) is 3.56. The molecule has 1 aromatic heterocycles. The number of aromatic nitrogens is 1. The Hall–Kier alpha value is -2.44. The molecule has 0 aromatic carbocycles. The van der Waals surface area contributed by atoms with Crippen LogP contribution in [0.3, 0.4) is 0 Å². The second-order valence-corrected chi connectivity index (χ2v) is 4.90. The predicted octanol–water partition coefficient (Wildman–Crippen LogP) is 0.103. The molecular weight excluding hydrogens is 272 g/mol. The van der Waals surface area contributed by atoms with E-state index in [4.69, 9.17) is 5.73 Å². The van der Waals surface area contributed by atoms with Gasteiger partial charge in [-0.2, -0.15) is 0 Å². The van der Waals surface area contributed by atoms with E-state index in [1.165, 1.54) is 11.0 Å². The lowest BCUT2D eigenvalue weighted by Gasteiger charge is -2.33. The van der Waals surface area contributed by atoms with Gasteiger partial charge in [-0.1, -0.05) is 13.8 Å². The van der Waals surface area contributed by atoms with Crippen molar-refractivity contribution in [2.75, 3.05) is 12.3 Å². The molecule has 3 amide bonds. The highest BCUT2D eigenvalue weighted by Gasteiger charge is 2.36. The first-order valence-electron chi connectivity index (χ1n) is 6.87. The van der Waals surface area contributed by atoms with Crippen LogP contribution in [0.5, 0.6) is 0 Å². The molecule has 0 aliphatic carbocycles. The van der Waals surface area contributed by atoms with Crippen molar-refractivity contribution < 1.29 is 14.4 Å². The summed E-state index contributed by atoms with van der Waals surface area (Å²) < 4.78 is 0. The Kier molecular flexibility index (Phi) is 4.21. The summed E-state index contributed by atoms with van der Waals surface area (Å²) in [5.74, 6) is -1.05. The van der Waals surface area contributed by atoms with Crippen LogP contribution in [0.15, 0.2) is 12.1 Å². The van der Waals surface area contributed by atoms with Gasteiger partial charge in [0.05, 0.1) is 0 Å². The molecule has 3 N–H and O–H groups in total. The number of piperazine rings is 1. The summed E-state index contributed by atoms with van der Waals surface area (Å²) in [5, 5.41) is 2.24. The maximum atomic E-state index is 12.6. The van der Waals surface area contributed by atoms with Crippen molar-refractivity contribution in [1.29, 1.82) is 0 Å². The maximum absolute atomic E-state index is 12.6. The van der Waals surface area contributed by atoms with Crippen molar-refractivity contribution in [1.82, 2.24) is 15.2 Å². The number of nitrogens with zero attached hydrogens (tertiary/aromatic N) is 2. The molecule has 1 saturated heterocycles. The number of hydrogen-bond donors (Lipinski definition) is 2. The van der Waals surface area contributed by atoms with Crippen molar-refractivity contribution >= 4 is 23.5 Å². The predicted molar refractivity (Wildman–Crippen MR) is 76.3 cm³/mol. The Morgan fingerprint density at radius 1 is 1.43 bits per heavy atom. The molecule has 1 atom stereocenters. The van der Waals surface area contributed by atoms with Gasteiger partial charge in [0, 0.05) is 11.3 Å². The number of aryl methyl sites for hydroxylation is 1. The van der Waals surface area contributed by atoms with E-state index in [1.54, 1.807) is 13.0 Å². The molecule has 0 radical (unpaired) electrons. The van der Waals surface area contributed by atoms with Crippen molar-refractivity contribution in [2.24, 2.45) is 0 Å². The lowest BCUT2D eigenvalue weighted by Crippen LogP contribution is -2.59. The molecule has 2 heterocycles. The molecular formula is C14H18N4O3. The quantitative estimate of drug-likeness (QED) is 0.768. The van der Waals surface area contributed by atoms with Crippen LogP contribution >= 0.6 is 0 Å². The van der Waals surface area contributed by atoms with Gasteiger partial charge >= 0.3 is 0 Å². The van der Waals surface area contributed by atoms with E-state index in [1.807, 2.05) is 6.92 Å². The Morgan fingerprint density at radius 3 is 2.76 bits per heavy atom. The topological polar surface area (TPSA) is 105 Å². The molecule has 1 fully saturated rings. The summed E-state index contributed by atoms with van der Waals surface area (Å²) in [4.78, 5) is 41.3. The van der Waals surface area contributed by atoms with Crippen molar-refractivity contribution in [3.63, 3.8) is 0 Å². The number of carbonyl (C=O) groups is 3. The zero-order chi connectivity index (χ0) is 15.6. The summed E-state index contributed by atoms with van der Waals surface area (Å²) in [6, 6.07) is 2.46. The molecule has 0 saturated carbocycles. The number of nitrogens with two attached hydrogens (primary N) is 1. The Bertz CT molecular complexity index is 600. The lowest BCUT2D eigenvalue weighted by molar-refractivity contribution is -0.138. The first-order valence-corrected chi connectivity index (χ1v) is 6.87. The monoisotopic (exact) mass is 290 g/mol. The van der Waals surface area contributed by atoms with E-state index in [9.17, 15) is 14.4 Å². The number of rotatable bonds is 3. The molecule has 1 aliphatic rings. The van der Waals surface area contributed by atoms with Crippen LogP contribution in [0.1, 0.15) is 36.3 Å². The van der Waals surface area contributed by atoms with Gasteiger partial charge in [-0.25, -0.2) is 4.98 Å². The number of nitrogen functional groups attached to an aromatic ring is 1. The minimum Gasteiger partial charge on any atom is -0.384 e. The maximum Gasteiger partial charge on any atom is 0.255 e. The largest absolute Gasteiger partial charge is 0.384 e. The summed E-state index contributed by atoms with van der Waals surface area (Å²) in [6.07, 6.45) is 1.08.